The molecule has 0 spiro atoms. The summed E-state index contributed by atoms with van der Waals surface area (Å²) < 4.78 is 43.0. The van der Waals surface area contributed by atoms with E-state index >= 15 is 0 Å². The first-order chi connectivity index (χ1) is 15.3. The Morgan fingerprint density at radius 2 is 1.69 bits per heavy atom. The zero-order valence-corrected chi connectivity index (χ0v) is 19.6. The summed E-state index contributed by atoms with van der Waals surface area (Å²) in [6.07, 6.45) is 1.05. The zero-order valence-electron chi connectivity index (χ0n) is 18.8. The smallest absolute Gasteiger partial charge is 0.409 e. The van der Waals surface area contributed by atoms with Crippen LogP contribution in [-0.4, -0.2) is 94.6 Å². The molecule has 3 rings (SSSR count). The van der Waals surface area contributed by atoms with Crippen LogP contribution in [0.4, 0.5) is 4.79 Å². The lowest BCUT2D eigenvalue weighted by molar-refractivity contribution is -0.138. The Morgan fingerprint density at radius 1 is 1.00 bits per heavy atom. The van der Waals surface area contributed by atoms with Crippen molar-refractivity contribution < 1.29 is 32.2 Å². The molecule has 2 saturated heterocycles. The highest BCUT2D eigenvalue weighted by atomic mass is 32.2. The van der Waals surface area contributed by atoms with Crippen LogP contribution in [0.25, 0.3) is 0 Å². The molecule has 1 aromatic rings. The van der Waals surface area contributed by atoms with Crippen molar-refractivity contribution in [3.8, 4) is 11.5 Å². The van der Waals surface area contributed by atoms with Crippen molar-refractivity contribution in [2.45, 2.75) is 24.7 Å². The van der Waals surface area contributed by atoms with Gasteiger partial charge in [0.15, 0.2) is 11.5 Å². The third kappa shape index (κ3) is 5.09. The van der Waals surface area contributed by atoms with Gasteiger partial charge in [-0.15, -0.1) is 0 Å². The van der Waals surface area contributed by atoms with Crippen LogP contribution in [0.5, 0.6) is 11.5 Å². The number of sulfonamides is 1. The highest BCUT2D eigenvalue weighted by Crippen LogP contribution is 2.31. The van der Waals surface area contributed by atoms with E-state index in [-0.39, 0.29) is 29.8 Å². The summed E-state index contributed by atoms with van der Waals surface area (Å²) in [6.45, 7) is 3.99. The molecule has 0 unspecified atom stereocenters. The molecule has 0 N–H and O–H groups in total. The van der Waals surface area contributed by atoms with E-state index in [0.717, 1.165) is 6.42 Å². The van der Waals surface area contributed by atoms with Crippen LogP contribution < -0.4 is 9.47 Å². The molecule has 1 atom stereocenters. The van der Waals surface area contributed by atoms with E-state index in [1.54, 1.807) is 22.8 Å². The number of nitrogens with zero attached hydrogens (tertiary/aromatic N) is 3. The van der Waals surface area contributed by atoms with Gasteiger partial charge in [0.1, 0.15) is 0 Å². The van der Waals surface area contributed by atoms with E-state index in [1.165, 1.54) is 30.7 Å². The Labute approximate surface area is 189 Å². The topological polar surface area (TPSA) is 106 Å². The Kier molecular flexibility index (Phi) is 7.83. The van der Waals surface area contributed by atoms with Gasteiger partial charge < -0.3 is 24.0 Å². The molecule has 2 fully saturated rings. The average molecular weight is 470 g/mol. The second-order valence-corrected chi connectivity index (χ2v) is 9.67. The number of likely N-dealkylation sites (tertiary alicyclic amines) is 1. The van der Waals surface area contributed by atoms with Crippen molar-refractivity contribution in [2.75, 3.05) is 60.1 Å². The number of amides is 2. The fraction of sp³-hybridized carbons (Fsp3) is 0.619. The van der Waals surface area contributed by atoms with E-state index in [1.807, 2.05) is 0 Å². The maximum absolute atomic E-state index is 13.1. The monoisotopic (exact) mass is 469 g/mol. The van der Waals surface area contributed by atoms with Gasteiger partial charge in [0.25, 0.3) is 0 Å². The lowest BCUT2D eigenvalue weighted by atomic mass is 9.96. The second-order valence-electron chi connectivity index (χ2n) is 7.73. The van der Waals surface area contributed by atoms with E-state index in [2.05, 4.69) is 0 Å². The van der Waals surface area contributed by atoms with Crippen molar-refractivity contribution >= 4 is 22.0 Å². The van der Waals surface area contributed by atoms with Gasteiger partial charge >= 0.3 is 6.09 Å². The molecular formula is C21H31N3O7S. The number of hydrogen-bond acceptors (Lipinski definition) is 7. The molecule has 0 saturated carbocycles. The molecule has 178 valence electrons. The van der Waals surface area contributed by atoms with Gasteiger partial charge in [-0.25, -0.2) is 13.2 Å². The normalized spacial score (nSPS) is 20.0. The number of piperidine rings is 1. The first kappa shape index (κ1) is 24.1. The largest absolute Gasteiger partial charge is 0.493 e. The predicted molar refractivity (Wildman–Crippen MR) is 116 cm³/mol. The summed E-state index contributed by atoms with van der Waals surface area (Å²) >= 11 is 0. The number of carbonyl (C=O) groups is 2. The van der Waals surface area contributed by atoms with Gasteiger partial charge in [0.2, 0.25) is 15.9 Å². The average Bonchev–Trinajstić information content (AvgIpc) is 2.83. The van der Waals surface area contributed by atoms with Crippen molar-refractivity contribution in [3.05, 3.63) is 18.2 Å². The summed E-state index contributed by atoms with van der Waals surface area (Å²) in [6, 6.07) is 4.49. The molecule has 2 aliphatic heterocycles. The van der Waals surface area contributed by atoms with Gasteiger partial charge in [0.05, 0.1) is 31.6 Å². The number of methoxy groups -OCH3 is 2. The fourth-order valence-electron chi connectivity index (χ4n) is 4.09. The molecule has 11 heteroatoms. The minimum absolute atomic E-state index is 0.0397. The SMILES string of the molecule is CCOC(=O)N1CCC[C@@H](C(=O)N2CCN(S(=O)(=O)c3ccc(OC)c(OC)c3)CC2)C1. The Balaban J connectivity index is 1.62. The molecule has 0 aliphatic carbocycles. The highest BCUT2D eigenvalue weighted by Gasteiger charge is 2.35. The lowest BCUT2D eigenvalue weighted by Crippen LogP contribution is -2.54. The highest BCUT2D eigenvalue weighted by molar-refractivity contribution is 7.89. The first-order valence-electron chi connectivity index (χ1n) is 10.7. The summed E-state index contributed by atoms with van der Waals surface area (Å²) in [7, 11) is -0.792. The van der Waals surface area contributed by atoms with E-state index in [9.17, 15) is 18.0 Å². The molecule has 0 radical (unpaired) electrons. The second kappa shape index (κ2) is 10.4. The Hall–Kier alpha value is -2.53. The predicted octanol–water partition coefficient (Wildman–Crippen LogP) is 1.41. The van der Waals surface area contributed by atoms with Crippen LogP contribution in [0, 0.1) is 5.92 Å². The number of hydrogen-bond donors (Lipinski definition) is 0. The molecule has 0 aromatic heterocycles. The molecule has 10 nitrogen and oxygen atoms in total. The standard InChI is InChI=1S/C21H31N3O7S/c1-4-31-21(26)23-9-5-6-16(15-23)20(25)22-10-12-24(13-11-22)32(27,28)17-7-8-18(29-2)19(14-17)30-3/h7-8,14,16H,4-6,9-13,15H2,1-3H3/t16-/m1/s1. The van der Waals surface area contributed by atoms with E-state index < -0.39 is 16.1 Å². The van der Waals surface area contributed by atoms with Crippen LogP contribution in [0.15, 0.2) is 23.1 Å². The Bertz CT molecular complexity index is 929. The van der Waals surface area contributed by atoms with Gasteiger partial charge in [-0.05, 0) is 31.9 Å². The van der Waals surface area contributed by atoms with Crippen LogP contribution >= 0.6 is 0 Å². The van der Waals surface area contributed by atoms with Crippen LogP contribution in [0.1, 0.15) is 19.8 Å². The van der Waals surface area contributed by atoms with Crippen molar-refractivity contribution in [1.29, 1.82) is 0 Å². The number of piperazine rings is 1. The minimum Gasteiger partial charge on any atom is -0.493 e. The van der Waals surface area contributed by atoms with Crippen LogP contribution in [0.3, 0.4) is 0 Å². The quantitative estimate of drug-likeness (QED) is 0.620. The Morgan fingerprint density at radius 3 is 2.31 bits per heavy atom. The molecule has 0 bridgehead atoms. The van der Waals surface area contributed by atoms with Gasteiger partial charge in [-0.3, -0.25) is 4.79 Å². The number of benzene rings is 1. The van der Waals surface area contributed by atoms with Gasteiger partial charge in [-0.2, -0.15) is 4.31 Å². The number of rotatable bonds is 6. The lowest BCUT2D eigenvalue weighted by Gasteiger charge is -2.38. The van der Waals surface area contributed by atoms with E-state index in [4.69, 9.17) is 14.2 Å². The number of ether oxygens (including phenoxy) is 3. The minimum atomic E-state index is -3.73. The summed E-state index contributed by atoms with van der Waals surface area (Å²) in [4.78, 5) is 28.4. The molecule has 1 aromatic carbocycles. The molecule has 2 aliphatic rings. The molecule has 2 amide bonds. The summed E-state index contributed by atoms with van der Waals surface area (Å²) in [5.41, 5.74) is 0. The summed E-state index contributed by atoms with van der Waals surface area (Å²) in [5.74, 6) is 0.460. The zero-order chi connectivity index (χ0) is 23.3. The molecule has 32 heavy (non-hydrogen) atoms. The van der Waals surface area contributed by atoms with Gasteiger partial charge in [0, 0.05) is 45.3 Å². The van der Waals surface area contributed by atoms with Crippen molar-refractivity contribution in [3.63, 3.8) is 0 Å². The first-order valence-corrected chi connectivity index (χ1v) is 12.2. The third-order valence-electron chi connectivity index (χ3n) is 5.84. The maximum Gasteiger partial charge on any atom is 0.409 e. The third-order valence-corrected chi connectivity index (χ3v) is 7.73. The van der Waals surface area contributed by atoms with E-state index in [0.29, 0.717) is 50.7 Å². The number of carbonyl (C=O) groups excluding carboxylic acids is 2. The van der Waals surface area contributed by atoms with Crippen molar-refractivity contribution in [2.24, 2.45) is 5.92 Å². The summed E-state index contributed by atoms with van der Waals surface area (Å²) in [5, 5.41) is 0. The van der Waals surface area contributed by atoms with Gasteiger partial charge in [-0.1, -0.05) is 0 Å². The van der Waals surface area contributed by atoms with Crippen molar-refractivity contribution in [1.82, 2.24) is 14.1 Å². The fourth-order valence-corrected chi connectivity index (χ4v) is 5.53. The van der Waals surface area contributed by atoms with Crippen LogP contribution in [-0.2, 0) is 19.6 Å². The maximum atomic E-state index is 13.1. The molecule has 2 heterocycles. The van der Waals surface area contributed by atoms with Crippen LogP contribution in [0.2, 0.25) is 0 Å². The molecular weight excluding hydrogens is 438 g/mol.